The second-order valence-corrected chi connectivity index (χ2v) is 4.98. The number of rotatable bonds is 5. The van der Waals surface area contributed by atoms with E-state index in [-0.39, 0.29) is 19.1 Å². The monoisotopic (exact) mass is 288 g/mol. The van der Waals surface area contributed by atoms with E-state index >= 15 is 0 Å². The Kier molecular flexibility index (Phi) is 4.46. The zero-order valence-corrected chi connectivity index (χ0v) is 12.4. The van der Waals surface area contributed by atoms with Crippen LogP contribution in [0.3, 0.4) is 0 Å². The van der Waals surface area contributed by atoms with E-state index in [2.05, 4.69) is 6.58 Å². The van der Waals surface area contributed by atoms with Crippen molar-refractivity contribution in [2.75, 3.05) is 13.2 Å². The molecule has 1 unspecified atom stereocenters. The topological polar surface area (TPSA) is 52.6 Å². The predicted octanol–water partition coefficient (Wildman–Crippen LogP) is 2.72. The normalized spacial score (nSPS) is 18.7. The summed E-state index contributed by atoms with van der Waals surface area (Å²) in [5.41, 5.74) is 0.238. The van der Waals surface area contributed by atoms with Gasteiger partial charge in [0.25, 0.3) is 0 Å². The van der Waals surface area contributed by atoms with E-state index in [0.717, 1.165) is 5.56 Å². The average molecular weight is 288 g/mol. The Labute approximate surface area is 124 Å². The van der Waals surface area contributed by atoms with E-state index < -0.39 is 17.4 Å². The highest BCUT2D eigenvalue weighted by atomic mass is 16.6. The molecule has 0 N–H and O–H groups in total. The van der Waals surface area contributed by atoms with Crippen molar-refractivity contribution in [3.8, 4) is 0 Å². The van der Waals surface area contributed by atoms with Crippen molar-refractivity contribution < 1.29 is 19.1 Å². The van der Waals surface area contributed by atoms with Crippen molar-refractivity contribution in [3.63, 3.8) is 0 Å². The van der Waals surface area contributed by atoms with Gasteiger partial charge in [-0.25, -0.2) is 0 Å². The summed E-state index contributed by atoms with van der Waals surface area (Å²) in [6.07, 6.45) is 2.08. The summed E-state index contributed by atoms with van der Waals surface area (Å²) in [6.45, 7) is 7.71. The minimum atomic E-state index is -1.37. The number of fused-ring (bicyclic) bond motifs is 1. The van der Waals surface area contributed by atoms with E-state index in [4.69, 9.17) is 9.47 Å². The molecule has 0 fully saturated rings. The molecule has 0 bridgehead atoms. The van der Waals surface area contributed by atoms with Crippen LogP contribution in [-0.4, -0.2) is 25.2 Å². The van der Waals surface area contributed by atoms with Gasteiger partial charge in [0.2, 0.25) is 0 Å². The third-order valence-electron chi connectivity index (χ3n) is 3.88. The van der Waals surface area contributed by atoms with Gasteiger partial charge in [-0.1, -0.05) is 30.3 Å². The van der Waals surface area contributed by atoms with Crippen molar-refractivity contribution in [1.29, 1.82) is 0 Å². The molecule has 4 nitrogen and oxygen atoms in total. The first-order chi connectivity index (χ1) is 10.1. The fourth-order valence-electron chi connectivity index (χ4n) is 2.95. The van der Waals surface area contributed by atoms with Gasteiger partial charge in [-0.15, -0.1) is 6.58 Å². The number of carbonyl (C=O) groups is 2. The molecule has 0 saturated carbocycles. The van der Waals surface area contributed by atoms with Gasteiger partial charge >= 0.3 is 11.9 Å². The van der Waals surface area contributed by atoms with Crippen molar-refractivity contribution >= 4 is 11.9 Å². The second kappa shape index (κ2) is 6.12. The summed E-state index contributed by atoms with van der Waals surface area (Å²) in [5.74, 6) is -1.14. The first-order valence-electron chi connectivity index (χ1n) is 7.18. The van der Waals surface area contributed by atoms with Crippen LogP contribution in [0.25, 0.3) is 0 Å². The molecule has 1 aliphatic rings. The fraction of sp³-hybridized carbons (Fsp3) is 0.412. The van der Waals surface area contributed by atoms with Crippen LogP contribution in [0.4, 0.5) is 0 Å². The third kappa shape index (κ3) is 2.35. The van der Waals surface area contributed by atoms with E-state index in [1.807, 2.05) is 18.2 Å². The van der Waals surface area contributed by atoms with Crippen molar-refractivity contribution in [2.45, 2.75) is 31.6 Å². The third-order valence-corrected chi connectivity index (χ3v) is 3.88. The van der Waals surface area contributed by atoms with Gasteiger partial charge in [0.1, 0.15) is 0 Å². The van der Waals surface area contributed by atoms with Crippen LogP contribution in [0.5, 0.6) is 0 Å². The Balaban J connectivity index is 2.59. The molecule has 21 heavy (non-hydrogen) atoms. The highest BCUT2D eigenvalue weighted by Gasteiger charge is 2.56. The molecular weight excluding hydrogens is 268 g/mol. The number of hydrogen-bond acceptors (Lipinski definition) is 4. The molecular formula is C17H20O4. The Hall–Kier alpha value is -2.10. The molecule has 1 aliphatic carbocycles. The molecule has 2 rings (SSSR count). The highest BCUT2D eigenvalue weighted by molar-refractivity contribution is 6.07. The summed E-state index contributed by atoms with van der Waals surface area (Å²) in [4.78, 5) is 25.1. The highest BCUT2D eigenvalue weighted by Crippen LogP contribution is 2.48. The predicted molar refractivity (Wildman–Crippen MR) is 78.9 cm³/mol. The van der Waals surface area contributed by atoms with Gasteiger partial charge in [0, 0.05) is 5.92 Å². The number of allylic oxidation sites excluding steroid dienone is 1. The summed E-state index contributed by atoms with van der Waals surface area (Å²) >= 11 is 0. The maximum absolute atomic E-state index is 12.6. The Morgan fingerprint density at radius 1 is 1.24 bits per heavy atom. The van der Waals surface area contributed by atoms with Crippen molar-refractivity contribution in [3.05, 3.63) is 48.0 Å². The molecule has 0 aliphatic heterocycles. The SMILES string of the molecule is C=CC1CC(C(=O)OCC)(C(=O)OCC)c2ccccc21. The van der Waals surface area contributed by atoms with E-state index in [1.54, 1.807) is 26.0 Å². The zero-order chi connectivity index (χ0) is 15.5. The number of esters is 2. The summed E-state index contributed by atoms with van der Waals surface area (Å²) < 4.78 is 10.3. The molecule has 0 saturated heterocycles. The van der Waals surface area contributed by atoms with Gasteiger partial charge in [-0.05, 0) is 31.4 Å². The number of hydrogen-bond donors (Lipinski definition) is 0. The Morgan fingerprint density at radius 3 is 2.33 bits per heavy atom. The molecule has 1 aromatic carbocycles. The van der Waals surface area contributed by atoms with Gasteiger partial charge in [0.15, 0.2) is 5.41 Å². The van der Waals surface area contributed by atoms with Crippen molar-refractivity contribution in [2.24, 2.45) is 0 Å². The lowest BCUT2D eigenvalue weighted by Crippen LogP contribution is -2.44. The van der Waals surface area contributed by atoms with Gasteiger partial charge < -0.3 is 9.47 Å². The smallest absolute Gasteiger partial charge is 0.328 e. The number of ether oxygens (including phenoxy) is 2. The standard InChI is InChI=1S/C17H20O4/c1-4-12-11-17(15(18)20-5-2,16(19)21-6-3)14-10-8-7-9-13(12)14/h4,7-10,12H,1,5-6,11H2,2-3H3. The van der Waals surface area contributed by atoms with Gasteiger partial charge in [-0.2, -0.15) is 0 Å². The molecule has 0 amide bonds. The van der Waals surface area contributed by atoms with Crippen LogP contribution in [-0.2, 0) is 24.5 Å². The molecule has 112 valence electrons. The lowest BCUT2D eigenvalue weighted by molar-refractivity contribution is -0.164. The second-order valence-electron chi connectivity index (χ2n) is 4.98. The minimum Gasteiger partial charge on any atom is -0.465 e. The maximum Gasteiger partial charge on any atom is 0.328 e. The lowest BCUT2D eigenvalue weighted by atomic mass is 9.81. The Morgan fingerprint density at radius 2 is 1.81 bits per heavy atom. The largest absolute Gasteiger partial charge is 0.465 e. The van der Waals surface area contributed by atoms with Crippen LogP contribution in [0, 0.1) is 0 Å². The molecule has 4 heteroatoms. The van der Waals surface area contributed by atoms with Gasteiger partial charge in [0.05, 0.1) is 13.2 Å². The minimum absolute atomic E-state index is 0.0602. The molecule has 1 atom stereocenters. The molecule has 0 heterocycles. The summed E-state index contributed by atoms with van der Waals surface area (Å²) in [5, 5.41) is 0. The average Bonchev–Trinajstić information content (AvgIpc) is 2.83. The first-order valence-corrected chi connectivity index (χ1v) is 7.18. The number of carbonyl (C=O) groups excluding carboxylic acids is 2. The quantitative estimate of drug-likeness (QED) is 0.475. The van der Waals surface area contributed by atoms with Crippen LogP contribution < -0.4 is 0 Å². The van der Waals surface area contributed by atoms with Crippen LogP contribution in [0.15, 0.2) is 36.9 Å². The first kappa shape index (κ1) is 15.3. The van der Waals surface area contributed by atoms with E-state index in [0.29, 0.717) is 12.0 Å². The van der Waals surface area contributed by atoms with Crippen LogP contribution in [0.2, 0.25) is 0 Å². The summed E-state index contributed by atoms with van der Waals surface area (Å²) in [6, 6.07) is 7.42. The van der Waals surface area contributed by atoms with Crippen LogP contribution in [0.1, 0.15) is 37.3 Å². The van der Waals surface area contributed by atoms with Crippen molar-refractivity contribution in [1.82, 2.24) is 0 Å². The number of benzene rings is 1. The Bertz CT molecular complexity index is 544. The van der Waals surface area contributed by atoms with E-state index in [1.165, 1.54) is 0 Å². The fourth-order valence-corrected chi connectivity index (χ4v) is 2.95. The molecule has 1 aromatic rings. The van der Waals surface area contributed by atoms with Gasteiger partial charge in [-0.3, -0.25) is 9.59 Å². The lowest BCUT2D eigenvalue weighted by Gasteiger charge is -2.25. The molecule has 0 spiro atoms. The summed E-state index contributed by atoms with van der Waals surface area (Å²) in [7, 11) is 0. The molecule has 0 radical (unpaired) electrons. The zero-order valence-electron chi connectivity index (χ0n) is 12.4. The van der Waals surface area contributed by atoms with E-state index in [9.17, 15) is 9.59 Å². The van der Waals surface area contributed by atoms with Crippen LogP contribution >= 0.6 is 0 Å². The molecule has 0 aromatic heterocycles. The maximum atomic E-state index is 12.6.